The number of ether oxygens (including phenoxy) is 2. The molecule has 4 aromatic carbocycles. The molecule has 0 aliphatic heterocycles. The number of carbonyl (C=O) groups excluding carboxylic acids is 1. The van der Waals surface area contributed by atoms with Gasteiger partial charge in [0.25, 0.3) is 0 Å². The Morgan fingerprint density at radius 2 is 1.60 bits per heavy atom. The molecule has 1 unspecified atom stereocenters. The Morgan fingerprint density at radius 3 is 2.26 bits per heavy atom. The van der Waals surface area contributed by atoms with Crippen molar-refractivity contribution >= 4 is 29.1 Å². The lowest BCUT2D eigenvalue weighted by molar-refractivity contribution is -0.372. The Bertz CT molecular complexity index is 1480. The Hall–Kier alpha value is -3.51. The molecule has 0 aromatic heterocycles. The molecule has 0 fully saturated rings. The van der Waals surface area contributed by atoms with Crippen LogP contribution >= 0.6 is 23.2 Å². The van der Waals surface area contributed by atoms with Crippen LogP contribution in [0.5, 0.6) is 11.5 Å². The zero-order valence-corrected chi connectivity index (χ0v) is 26.0. The number of hydrogen-bond donors (Lipinski definition) is 2. The van der Waals surface area contributed by atoms with E-state index in [4.69, 9.17) is 32.7 Å². The van der Waals surface area contributed by atoms with Crippen LogP contribution in [0, 0.1) is 13.8 Å². The molecule has 0 aliphatic carbocycles. The summed E-state index contributed by atoms with van der Waals surface area (Å²) in [4.78, 5) is 11.3. The number of benzene rings is 4. The van der Waals surface area contributed by atoms with Gasteiger partial charge in [0.1, 0.15) is 19.0 Å². The fourth-order valence-electron chi connectivity index (χ4n) is 5.20. The van der Waals surface area contributed by atoms with E-state index in [2.05, 4.69) is 66.5 Å². The predicted octanol–water partition coefficient (Wildman–Crippen LogP) is 6.98. The van der Waals surface area contributed by atoms with Gasteiger partial charge in [-0.1, -0.05) is 77.8 Å². The standard InChI is InChI=1S/C35H38Cl2N2O3/c1-23-18-33(36)35(34(37)19-23)42-17-16-41-30-11-8-26(9-12-30)21-29(22-38)31-13-10-28(20-24(31)2)32-7-5-4-6-27(32)14-15-39-25(3)40/h4-13,18-20,29H,14-17,21-22,38H2,1-3H3,(H,39,40)/p+1. The summed E-state index contributed by atoms with van der Waals surface area (Å²) >= 11 is 12.5. The SMILES string of the molecule is CC(=O)NCCc1ccccc1-c1ccc(C(C[NH3+])Cc2ccc(OCCOc3c(Cl)cc(C)cc3Cl)cc2)c(C)c1. The van der Waals surface area contributed by atoms with E-state index in [1.54, 1.807) is 6.92 Å². The number of hydrogen-bond acceptors (Lipinski definition) is 3. The zero-order valence-electron chi connectivity index (χ0n) is 24.5. The van der Waals surface area contributed by atoms with E-state index in [1.165, 1.54) is 33.4 Å². The lowest BCUT2D eigenvalue weighted by Crippen LogP contribution is -2.53. The number of quaternary nitrogens is 1. The fraction of sp³-hybridized carbons (Fsp3) is 0.286. The third-order valence-corrected chi connectivity index (χ3v) is 7.86. The van der Waals surface area contributed by atoms with E-state index < -0.39 is 0 Å². The molecule has 1 amide bonds. The summed E-state index contributed by atoms with van der Waals surface area (Å²) in [5.41, 5.74) is 12.7. The third kappa shape index (κ3) is 8.51. The monoisotopic (exact) mass is 605 g/mol. The first-order valence-corrected chi connectivity index (χ1v) is 15.0. The van der Waals surface area contributed by atoms with Crippen LogP contribution in [0.15, 0.2) is 78.9 Å². The molecular weight excluding hydrogens is 567 g/mol. The van der Waals surface area contributed by atoms with Gasteiger partial charge in [-0.25, -0.2) is 0 Å². The number of nitrogens with one attached hydrogen (secondary N) is 1. The van der Waals surface area contributed by atoms with E-state index in [9.17, 15) is 4.79 Å². The molecule has 0 bridgehead atoms. The van der Waals surface area contributed by atoms with E-state index in [0.717, 1.165) is 30.7 Å². The second-order valence-electron chi connectivity index (χ2n) is 10.5. The Kier molecular flexibility index (Phi) is 11.3. The molecule has 0 radical (unpaired) electrons. The van der Waals surface area contributed by atoms with Crippen LogP contribution < -0.4 is 20.5 Å². The van der Waals surface area contributed by atoms with Crippen LogP contribution in [0.3, 0.4) is 0 Å². The average Bonchev–Trinajstić information content (AvgIpc) is 2.96. The molecule has 4 rings (SSSR count). The van der Waals surface area contributed by atoms with E-state index in [0.29, 0.717) is 41.5 Å². The van der Waals surface area contributed by atoms with Crippen molar-refractivity contribution in [1.82, 2.24) is 5.32 Å². The summed E-state index contributed by atoms with van der Waals surface area (Å²) in [5, 5.41) is 3.89. The second-order valence-corrected chi connectivity index (χ2v) is 11.4. The minimum atomic E-state index is -0.00551. The van der Waals surface area contributed by atoms with Crippen molar-refractivity contribution in [2.45, 2.75) is 39.5 Å². The molecule has 42 heavy (non-hydrogen) atoms. The highest BCUT2D eigenvalue weighted by Gasteiger charge is 2.17. The Balaban J connectivity index is 1.35. The number of amides is 1. The summed E-state index contributed by atoms with van der Waals surface area (Å²) in [5.74, 6) is 1.57. The molecule has 0 saturated heterocycles. The molecule has 1 atom stereocenters. The molecule has 4 N–H and O–H groups in total. The molecule has 0 aliphatic rings. The van der Waals surface area contributed by atoms with Gasteiger partial charge in [-0.15, -0.1) is 0 Å². The van der Waals surface area contributed by atoms with Gasteiger partial charge in [0, 0.05) is 19.4 Å². The highest BCUT2D eigenvalue weighted by Crippen LogP contribution is 2.34. The van der Waals surface area contributed by atoms with Crippen LogP contribution in [0.1, 0.15) is 40.7 Å². The Labute approximate surface area is 259 Å². The van der Waals surface area contributed by atoms with Gasteiger partial charge in [-0.2, -0.15) is 0 Å². The molecule has 0 heterocycles. The molecule has 4 aromatic rings. The number of aryl methyl sites for hydroxylation is 2. The van der Waals surface area contributed by atoms with Gasteiger partial charge in [-0.05, 0) is 89.9 Å². The minimum absolute atomic E-state index is 0.00551. The topological polar surface area (TPSA) is 75.2 Å². The summed E-state index contributed by atoms with van der Waals surface area (Å²) in [6, 6.07) is 27.0. The van der Waals surface area contributed by atoms with Crippen molar-refractivity contribution in [2.75, 3.05) is 26.3 Å². The van der Waals surface area contributed by atoms with E-state index >= 15 is 0 Å². The van der Waals surface area contributed by atoms with Crippen molar-refractivity contribution in [2.24, 2.45) is 0 Å². The minimum Gasteiger partial charge on any atom is -0.490 e. The van der Waals surface area contributed by atoms with Crippen molar-refractivity contribution < 1.29 is 20.0 Å². The van der Waals surface area contributed by atoms with Crippen molar-refractivity contribution in [3.8, 4) is 22.6 Å². The largest absolute Gasteiger partial charge is 0.490 e. The number of rotatable bonds is 13. The van der Waals surface area contributed by atoms with Gasteiger partial charge in [0.05, 0.1) is 16.6 Å². The van der Waals surface area contributed by atoms with E-state index in [-0.39, 0.29) is 5.91 Å². The molecule has 0 saturated carbocycles. The Morgan fingerprint density at radius 1 is 0.905 bits per heavy atom. The molecule has 7 heteroatoms. The van der Waals surface area contributed by atoms with Crippen LogP contribution in [-0.4, -0.2) is 32.2 Å². The van der Waals surface area contributed by atoms with Crippen molar-refractivity contribution in [1.29, 1.82) is 0 Å². The van der Waals surface area contributed by atoms with Gasteiger partial charge in [0.15, 0.2) is 5.75 Å². The predicted molar refractivity (Wildman–Crippen MR) is 172 cm³/mol. The average molecular weight is 607 g/mol. The lowest BCUT2D eigenvalue weighted by Gasteiger charge is -2.18. The zero-order chi connectivity index (χ0) is 30.1. The fourth-order valence-corrected chi connectivity index (χ4v) is 5.90. The van der Waals surface area contributed by atoms with Gasteiger partial charge >= 0.3 is 0 Å². The first-order chi connectivity index (χ1) is 20.2. The number of carbonyl (C=O) groups is 1. The van der Waals surface area contributed by atoms with Crippen LogP contribution in [0.25, 0.3) is 11.1 Å². The maximum Gasteiger partial charge on any atom is 0.216 e. The lowest BCUT2D eigenvalue weighted by atomic mass is 9.87. The number of halogens is 2. The first kappa shape index (κ1) is 31.4. The van der Waals surface area contributed by atoms with Crippen LogP contribution in [0.2, 0.25) is 10.0 Å². The summed E-state index contributed by atoms with van der Waals surface area (Å²) in [7, 11) is 0. The highest BCUT2D eigenvalue weighted by atomic mass is 35.5. The van der Waals surface area contributed by atoms with Gasteiger partial charge in [0.2, 0.25) is 5.91 Å². The highest BCUT2D eigenvalue weighted by molar-refractivity contribution is 6.37. The third-order valence-electron chi connectivity index (χ3n) is 7.30. The second kappa shape index (κ2) is 15.1. The molecular formula is C35H39Cl2N2O3+. The summed E-state index contributed by atoms with van der Waals surface area (Å²) in [6.45, 7) is 7.80. The normalized spacial score (nSPS) is 11.7. The summed E-state index contributed by atoms with van der Waals surface area (Å²) in [6.07, 6.45) is 1.69. The smallest absolute Gasteiger partial charge is 0.216 e. The van der Waals surface area contributed by atoms with E-state index in [1.807, 2.05) is 37.3 Å². The molecule has 0 spiro atoms. The molecule has 220 valence electrons. The van der Waals surface area contributed by atoms with Crippen LogP contribution in [0.4, 0.5) is 0 Å². The quantitative estimate of drug-likeness (QED) is 0.161. The van der Waals surface area contributed by atoms with Crippen molar-refractivity contribution in [3.05, 3.63) is 117 Å². The van der Waals surface area contributed by atoms with Gasteiger partial charge < -0.3 is 20.5 Å². The first-order valence-electron chi connectivity index (χ1n) is 14.3. The maximum absolute atomic E-state index is 11.3. The van der Waals surface area contributed by atoms with Gasteiger partial charge in [-0.3, -0.25) is 4.79 Å². The van der Waals surface area contributed by atoms with Crippen molar-refractivity contribution in [3.63, 3.8) is 0 Å². The summed E-state index contributed by atoms with van der Waals surface area (Å²) < 4.78 is 11.6. The van der Waals surface area contributed by atoms with Crippen LogP contribution in [-0.2, 0) is 17.6 Å². The molecule has 5 nitrogen and oxygen atoms in total. The maximum atomic E-state index is 11.3.